The molecule has 0 aliphatic carbocycles. The van der Waals surface area contributed by atoms with E-state index in [1.54, 1.807) is 0 Å². The Morgan fingerprint density at radius 2 is 1.67 bits per heavy atom. The summed E-state index contributed by atoms with van der Waals surface area (Å²) in [4.78, 5) is 2.48. The summed E-state index contributed by atoms with van der Waals surface area (Å²) < 4.78 is 0. The molecular formula is C13H30N2. The summed E-state index contributed by atoms with van der Waals surface area (Å²) in [6.45, 7) is 13.7. The minimum absolute atomic E-state index is 0.680. The summed E-state index contributed by atoms with van der Waals surface area (Å²) in [5.74, 6) is 0.757. The van der Waals surface area contributed by atoms with Gasteiger partial charge >= 0.3 is 0 Å². The van der Waals surface area contributed by atoms with Crippen LogP contribution in [0.25, 0.3) is 0 Å². The van der Waals surface area contributed by atoms with E-state index in [0.29, 0.717) is 12.1 Å². The molecule has 0 spiro atoms. The van der Waals surface area contributed by atoms with Gasteiger partial charge in [0.15, 0.2) is 0 Å². The molecule has 0 bridgehead atoms. The summed E-state index contributed by atoms with van der Waals surface area (Å²) in [6, 6.07) is 1.38. The van der Waals surface area contributed by atoms with Crippen molar-refractivity contribution in [1.82, 2.24) is 10.2 Å². The Morgan fingerprint density at radius 1 is 1.07 bits per heavy atom. The van der Waals surface area contributed by atoms with Gasteiger partial charge in [-0.1, -0.05) is 20.8 Å². The van der Waals surface area contributed by atoms with Crippen molar-refractivity contribution in [3.05, 3.63) is 0 Å². The largest absolute Gasteiger partial charge is 0.316 e. The molecule has 92 valence electrons. The van der Waals surface area contributed by atoms with E-state index in [1.165, 1.54) is 12.8 Å². The Morgan fingerprint density at radius 3 is 2.13 bits per heavy atom. The summed E-state index contributed by atoms with van der Waals surface area (Å²) in [5.41, 5.74) is 0. The van der Waals surface area contributed by atoms with E-state index < -0.39 is 0 Å². The molecule has 0 saturated heterocycles. The lowest BCUT2D eigenvalue weighted by Crippen LogP contribution is -2.38. The van der Waals surface area contributed by atoms with Crippen LogP contribution in [0.1, 0.15) is 47.5 Å². The van der Waals surface area contributed by atoms with Crippen LogP contribution in [0.2, 0.25) is 0 Å². The van der Waals surface area contributed by atoms with E-state index in [4.69, 9.17) is 0 Å². The van der Waals surface area contributed by atoms with E-state index >= 15 is 0 Å². The highest BCUT2D eigenvalue weighted by Crippen LogP contribution is 2.07. The minimum Gasteiger partial charge on any atom is -0.316 e. The van der Waals surface area contributed by atoms with Gasteiger partial charge in [-0.15, -0.1) is 0 Å². The van der Waals surface area contributed by atoms with Crippen molar-refractivity contribution in [3.63, 3.8) is 0 Å². The molecule has 0 radical (unpaired) electrons. The molecule has 0 saturated carbocycles. The van der Waals surface area contributed by atoms with Crippen molar-refractivity contribution in [3.8, 4) is 0 Å². The van der Waals surface area contributed by atoms with Crippen LogP contribution in [0, 0.1) is 5.92 Å². The van der Waals surface area contributed by atoms with E-state index in [2.05, 4.69) is 51.9 Å². The van der Waals surface area contributed by atoms with Crippen molar-refractivity contribution in [2.24, 2.45) is 5.92 Å². The summed E-state index contributed by atoms with van der Waals surface area (Å²) in [5, 5.41) is 3.50. The van der Waals surface area contributed by atoms with Crippen LogP contribution in [0.5, 0.6) is 0 Å². The predicted octanol–water partition coefficient (Wildman–Crippen LogP) is 2.74. The third-order valence-corrected chi connectivity index (χ3v) is 3.27. The van der Waals surface area contributed by atoms with Gasteiger partial charge in [0.2, 0.25) is 0 Å². The van der Waals surface area contributed by atoms with Crippen LogP contribution in [0.3, 0.4) is 0 Å². The van der Waals surface area contributed by atoms with Crippen LogP contribution >= 0.6 is 0 Å². The molecule has 0 fully saturated rings. The molecule has 2 unspecified atom stereocenters. The summed E-state index contributed by atoms with van der Waals surface area (Å²) in [6.07, 6.45) is 2.48. The minimum atomic E-state index is 0.680. The van der Waals surface area contributed by atoms with Gasteiger partial charge in [0.05, 0.1) is 0 Å². The van der Waals surface area contributed by atoms with Gasteiger partial charge in [-0.3, -0.25) is 0 Å². The monoisotopic (exact) mass is 214 g/mol. The molecular weight excluding hydrogens is 184 g/mol. The molecule has 0 heterocycles. The van der Waals surface area contributed by atoms with Crippen LogP contribution in [0.15, 0.2) is 0 Å². The van der Waals surface area contributed by atoms with E-state index in [9.17, 15) is 0 Å². The molecule has 2 nitrogen and oxygen atoms in total. The maximum atomic E-state index is 3.50. The molecule has 15 heavy (non-hydrogen) atoms. The SMILES string of the molecule is CCC(C)N(C)C(C)CCNCC(C)C. The van der Waals surface area contributed by atoms with Crippen molar-refractivity contribution in [2.75, 3.05) is 20.1 Å². The fourth-order valence-corrected chi connectivity index (χ4v) is 1.63. The lowest BCUT2D eigenvalue weighted by Gasteiger charge is -2.30. The van der Waals surface area contributed by atoms with Crippen molar-refractivity contribution < 1.29 is 0 Å². The molecule has 0 aromatic heterocycles. The van der Waals surface area contributed by atoms with Crippen LogP contribution in [0.4, 0.5) is 0 Å². The molecule has 0 aromatic carbocycles. The summed E-state index contributed by atoms with van der Waals surface area (Å²) in [7, 11) is 2.24. The molecule has 0 aliphatic rings. The number of hydrogen-bond acceptors (Lipinski definition) is 2. The molecule has 1 N–H and O–H groups in total. The average Bonchev–Trinajstić information content (AvgIpc) is 2.21. The second kappa shape index (κ2) is 8.12. The first kappa shape index (κ1) is 14.9. The fraction of sp³-hybridized carbons (Fsp3) is 1.00. The van der Waals surface area contributed by atoms with Gasteiger partial charge in [-0.2, -0.15) is 0 Å². The molecule has 0 aliphatic heterocycles. The molecule has 2 heteroatoms. The number of hydrogen-bond donors (Lipinski definition) is 1. The first-order chi connectivity index (χ1) is 6.99. The third-order valence-electron chi connectivity index (χ3n) is 3.27. The van der Waals surface area contributed by atoms with Crippen molar-refractivity contribution in [2.45, 2.75) is 59.5 Å². The van der Waals surface area contributed by atoms with Crippen LogP contribution in [-0.4, -0.2) is 37.1 Å². The number of rotatable bonds is 8. The van der Waals surface area contributed by atoms with Gasteiger partial charge in [-0.05, 0) is 52.7 Å². The Hall–Kier alpha value is -0.0800. The maximum Gasteiger partial charge on any atom is 0.00787 e. The quantitative estimate of drug-likeness (QED) is 0.625. The second-order valence-corrected chi connectivity index (χ2v) is 5.16. The van der Waals surface area contributed by atoms with E-state index in [1.807, 2.05) is 0 Å². The Kier molecular flexibility index (Phi) is 8.07. The summed E-state index contributed by atoms with van der Waals surface area (Å²) >= 11 is 0. The molecule has 0 rings (SSSR count). The van der Waals surface area contributed by atoms with E-state index in [0.717, 1.165) is 19.0 Å². The highest BCUT2D eigenvalue weighted by molar-refractivity contribution is 4.70. The van der Waals surface area contributed by atoms with Crippen molar-refractivity contribution in [1.29, 1.82) is 0 Å². The Labute approximate surface area is 96.4 Å². The number of nitrogens with zero attached hydrogens (tertiary/aromatic N) is 1. The average molecular weight is 214 g/mol. The standard InChI is InChI=1S/C13H30N2/c1-7-12(4)15(6)13(5)8-9-14-10-11(2)3/h11-14H,7-10H2,1-6H3. The Balaban J connectivity index is 3.59. The fourth-order valence-electron chi connectivity index (χ4n) is 1.63. The highest BCUT2D eigenvalue weighted by atomic mass is 15.1. The van der Waals surface area contributed by atoms with Crippen molar-refractivity contribution >= 4 is 0 Å². The van der Waals surface area contributed by atoms with Gasteiger partial charge in [0, 0.05) is 12.1 Å². The lowest BCUT2D eigenvalue weighted by molar-refractivity contribution is 0.182. The Bertz CT molecular complexity index is 145. The van der Waals surface area contributed by atoms with Gasteiger partial charge < -0.3 is 10.2 Å². The second-order valence-electron chi connectivity index (χ2n) is 5.16. The highest BCUT2D eigenvalue weighted by Gasteiger charge is 2.13. The zero-order valence-electron chi connectivity index (χ0n) is 11.5. The van der Waals surface area contributed by atoms with Gasteiger partial charge in [0.25, 0.3) is 0 Å². The van der Waals surface area contributed by atoms with Crippen LogP contribution in [-0.2, 0) is 0 Å². The third kappa shape index (κ3) is 6.91. The molecule has 2 atom stereocenters. The smallest absolute Gasteiger partial charge is 0.00787 e. The first-order valence-corrected chi connectivity index (χ1v) is 6.41. The maximum absolute atomic E-state index is 3.50. The normalized spacial score (nSPS) is 16.0. The van der Waals surface area contributed by atoms with Gasteiger partial charge in [-0.25, -0.2) is 0 Å². The lowest BCUT2D eigenvalue weighted by atomic mass is 10.1. The zero-order chi connectivity index (χ0) is 11.8. The molecule has 0 amide bonds. The van der Waals surface area contributed by atoms with E-state index in [-0.39, 0.29) is 0 Å². The molecule has 0 aromatic rings. The first-order valence-electron chi connectivity index (χ1n) is 6.41. The van der Waals surface area contributed by atoms with Crippen LogP contribution < -0.4 is 5.32 Å². The predicted molar refractivity (Wildman–Crippen MR) is 69.3 cm³/mol. The van der Waals surface area contributed by atoms with Gasteiger partial charge in [0.1, 0.15) is 0 Å². The zero-order valence-corrected chi connectivity index (χ0v) is 11.5. The topological polar surface area (TPSA) is 15.3 Å². The number of nitrogens with one attached hydrogen (secondary N) is 1.